The van der Waals surface area contributed by atoms with Gasteiger partial charge in [-0.25, -0.2) is 13.9 Å². The number of halogens is 1. The van der Waals surface area contributed by atoms with E-state index in [0.29, 0.717) is 16.6 Å². The van der Waals surface area contributed by atoms with Crippen LogP contribution in [0.25, 0.3) is 16.6 Å². The molecule has 6 heteroatoms. The van der Waals surface area contributed by atoms with Gasteiger partial charge >= 0.3 is 5.97 Å². The molecular weight excluding hydrogens is 275 g/mol. The van der Waals surface area contributed by atoms with Crippen molar-refractivity contribution in [3.05, 3.63) is 60.0 Å². The van der Waals surface area contributed by atoms with Crippen LogP contribution < -0.4 is 0 Å². The molecule has 0 radical (unpaired) electrons. The van der Waals surface area contributed by atoms with Crippen molar-refractivity contribution in [2.45, 2.75) is 0 Å². The van der Waals surface area contributed by atoms with Crippen LogP contribution in [-0.2, 0) is 4.79 Å². The summed E-state index contributed by atoms with van der Waals surface area (Å²) in [5.74, 6) is -2.81. The van der Waals surface area contributed by atoms with Crippen LogP contribution in [0.2, 0.25) is 0 Å². The number of carbonyl (C=O) groups excluding carboxylic acids is 1. The molecule has 0 fully saturated rings. The predicted octanol–water partition coefficient (Wildman–Crippen LogP) is 2.43. The summed E-state index contributed by atoms with van der Waals surface area (Å²) in [6, 6.07) is 10.3. The fourth-order valence-corrected chi connectivity index (χ4v) is 2.02. The van der Waals surface area contributed by atoms with Crippen LogP contribution in [0, 0.1) is 5.82 Å². The van der Waals surface area contributed by atoms with Crippen molar-refractivity contribution in [1.82, 2.24) is 9.78 Å². The lowest BCUT2D eigenvalue weighted by Crippen LogP contribution is -2.12. The molecule has 0 bridgehead atoms. The molecule has 3 aromatic rings. The van der Waals surface area contributed by atoms with E-state index in [1.165, 1.54) is 24.3 Å². The molecule has 3 rings (SSSR count). The molecule has 0 atom stereocenters. The summed E-state index contributed by atoms with van der Waals surface area (Å²) in [6.45, 7) is 0. The molecule has 1 heterocycles. The Kier molecular flexibility index (Phi) is 2.98. The third-order valence-corrected chi connectivity index (χ3v) is 3.05. The van der Waals surface area contributed by atoms with Crippen molar-refractivity contribution in [3.63, 3.8) is 0 Å². The minimum Gasteiger partial charge on any atom is -0.475 e. The summed E-state index contributed by atoms with van der Waals surface area (Å²) in [7, 11) is 0. The van der Waals surface area contributed by atoms with Gasteiger partial charge < -0.3 is 5.11 Å². The molecule has 0 aliphatic heterocycles. The Morgan fingerprint density at radius 2 is 1.81 bits per heavy atom. The van der Waals surface area contributed by atoms with Gasteiger partial charge in [0, 0.05) is 17.1 Å². The van der Waals surface area contributed by atoms with Gasteiger partial charge in [-0.1, -0.05) is 0 Å². The summed E-state index contributed by atoms with van der Waals surface area (Å²) in [5, 5.41) is 13.6. The lowest BCUT2D eigenvalue weighted by atomic mass is 10.1. The lowest BCUT2D eigenvalue weighted by Gasteiger charge is -1.99. The topological polar surface area (TPSA) is 72.2 Å². The number of aromatic nitrogens is 2. The Morgan fingerprint density at radius 3 is 2.48 bits per heavy atom. The first-order valence-corrected chi connectivity index (χ1v) is 6.07. The molecule has 104 valence electrons. The number of Topliss-reactive ketones (excluding diaryl/α,β-unsaturated/α-hetero) is 1. The van der Waals surface area contributed by atoms with Crippen molar-refractivity contribution in [3.8, 4) is 5.69 Å². The van der Waals surface area contributed by atoms with Crippen LogP contribution in [0.1, 0.15) is 10.4 Å². The zero-order valence-electron chi connectivity index (χ0n) is 10.7. The summed E-state index contributed by atoms with van der Waals surface area (Å²) < 4.78 is 14.4. The lowest BCUT2D eigenvalue weighted by molar-refractivity contribution is -0.131. The summed E-state index contributed by atoms with van der Waals surface area (Å²) in [6.07, 6.45) is 1.65. The molecule has 0 saturated carbocycles. The number of ketones is 1. The molecule has 2 aromatic carbocycles. The number of aliphatic carboxylic acids is 1. The SMILES string of the molecule is O=C(O)C(=O)c1ccc2nn(-c3ccc(F)cc3)cc2c1. The predicted molar refractivity (Wildman–Crippen MR) is 73.0 cm³/mol. The minimum atomic E-state index is -1.50. The average molecular weight is 284 g/mol. The minimum absolute atomic E-state index is 0.0913. The van der Waals surface area contributed by atoms with Crippen LogP contribution in [0.4, 0.5) is 4.39 Å². The third-order valence-electron chi connectivity index (χ3n) is 3.05. The van der Waals surface area contributed by atoms with Crippen LogP contribution in [0.3, 0.4) is 0 Å². The number of carboxylic acid groups (broad SMARTS) is 1. The fourth-order valence-electron chi connectivity index (χ4n) is 2.02. The molecule has 1 N–H and O–H groups in total. The normalized spacial score (nSPS) is 10.7. The van der Waals surface area contributed by atoms with Crippen molar-refractivity contribution < 1.29 is 19.1 Å². The van der Waals surface area contributed by atoms with Crippen LogP contribution in [-0.4, -0.2) is 26.6 Å². The molecular formula is C15H9FN2O3. The van der Waals surface area contributed by atoms with Gasteiger partial charge in [0.15, 0.2) is 0 Å². The second-order valence-electron chi connectivity index (χ2n) is 4.46. The molecule has 1 aromatic heterocycles. The molecule has 0 amide bonds. The van der Waals surface area contributed by atoms with E-state index in [0.717, 1.165) is 0 Å². The first kappa shape index (κ1) is 13.0. The third kappa shape index (κ3) is 2.38. The van der Waals surface area contributed by atoms with Gasteiger partial charge in [-0.15, -0.1) is 0 Å². The Balaban J connectivity index is 2.06. The van der Waals surface area contributed by atoms with Gasteiger partial charge in [0.2, 0.25) is 0 Å². The highest BCUT2D eigenvalue weighted by molar-refractivity contribution is 6.40. The van der Waals surface area contributed by atoms with E-state index in [9.17, 15) is 14.0 Å². The van der Waals surface area contributed by atoms with Gasteiger partial charge in [0.1, 0.15) is 5.82 Å². The Hall–Kier alpha value is -3.02. The van der Waals surface area contributed by atoms with Gasteiger partial charge in [-0.2, -0.15) is 5.10 Å². The number of hydrogen-bond donors (Lipinski definition) is 1. The number of hydrogen-bond acceptors (Lipinski definition) is 3. The molecule has 0 spiro atoms. The van der Waals surface area contributed by atoms with E-state index in [1.54, 1.807) is 29.1 Å². The smallest absolute Gasteiger partial charge is 0.377 e. The van der Waals surface area contributed by atoms with Crippen LogP contribution >= 0.6 is 0 Å². The average Bonchev–Trinajstić information content (AvgIpc) is 2.89. The zero-order chi connectivity index (χ0) is 15.0. The first-order chi connectivity index (χ1) is 10.0. The molecule has 21 heavy (non-hydrogen) atoms. The van der Waals surface area contributed by atoms with E-state index < -0.39 is 11.8 Å². The number of nitrogens with zero attached hydrogens (tertiary/aromatic N) is 2. The van der Waals surface area contributed by atoms with Crippen molar-refractivity contribution in [2.75, 3.05) is 0 Å². The number of rotatable bonds is 3. The molecule has 5 nitrogen and oxygen atoms in total. The maximum atomic E-state index is 12.9. The van der Waals surface area contributed by atoms with Gasteiger partial charge in [0.05, 0.1) is 11.2 Å². The second-order valence-corrected chi connectivity index (χ2v) is 4.46. The Bertz CT molecular complexity index is 853. The van der Waals surface area contributed by atoms with E-state index in [-0.39, 0.29) is 11.4 Å². The highest BCUT2D eigenvalue weighted by Crippen LogP contribution is 2.18. The highest BCUT2D eigenvalue weighted by atomic mass is 19.1. The van der Waals surface area contributed by atoms with Gasteiger partial charge in [0.25, 0.3) is 5.78 Å². The summed E-state index contributed by atoms with van der Waals surface area (Å²) >= 11 is 0. The van der Waals surface area contributed by atoms with Gasteiger partial charge in [-0.3, -0.25) is 4.79 Å². The molecule has 0 saturated heterocycles. The fraction of sp³-hybridized carbons (Fsp3) is 0. The quantitative estimate of drug-likeness (QED) is 0.592. The van der Waals surface area contributed by atoms with Crippen molar-refractivity contribution in [2.24, 2.45) is 0 Å². The van der Waals surface area contributed by atoms with Crippen LogP contribution in [0.15, 0.2) is 48.7 Å². The first-order valence-electron chi connectivity index (χ1n) is 6.07. The largest absolute Gasteiger partial charge is 0.475 e. The van der Waals surface area contributed by atoms with E-state index in [4.69, 9.17) is 5.11 Å². The molecule has 0 aliphatic rings. The van der Waals surface area contributed by atoms with E-state index in [1.807, 2.05) is 0 Å². The van der Waals surface area contributed by atoms with Crippen molar-refractivity contribution in [1.29, 1.82) is 0 Å². The zero-order valence-corrected chi connectivity index (χ0v) is 10.7. The Labute approximate surface area is 118 Å². The summed E-state index contributed by atoms with van der Waals surface area (Å²) in [5.41, 5.74) is 1.37. The monoisotopic (exact) mass is 284 g/mol. The number of carbonyl (C=O) groups is 2. The maximum absolute atomic E-state index is 12.9. The maximum Gasteiger partial charge on any atom is 0.377 e. The van der Waals surface area contributed by atoms with Crippen LogP contribution in [0.5, 0.6) is 0 Å². The van der Waals surface area contributed by atoms with Gasteiger partial charge in [-0.05, 0) is 42.5 Å². The number of benzene rings is 2. The van der Waals surface area contributed by atoms with E-state index in [2.05, 4.69) is 5.10 Å². The number of carboxylic acids is 1. The highest BCUT2D eigenvalue weighted by Gasteiger charge is 2.15. The molecule has 0 unspecified atom stereocenters. The molecule has 0 aliphatic carbocycles. The number of fused-ring (bicyclic) bond motifs is 1. The second kappa shape index (κ2) is 4.82. The standard InChI is InChI=1S/C15H9FN2O3/c16-11-2-4-12(5-3-11)18-8-10-7-9(14(19)15(20)21)1-6-13(10)17-18/h1-8H,(H,20,21). The Morgan fingerprint density at radius 1 is 1.10 bits per heavy atom. The van der Waals surface area contributed by atoms with Crippen molar-refractivity contribution >= 4 is 22.7 Å². The summed E-state index contributed by atoms with van der Waals surface area (Å²) in [4.78, 5) is 22.1. The van der Waals surface area contributed by atoms with E-state index >= 15 is 0 Å².